The maximum absolute atomic E-state index is 12.5. The van der Waals surface area contributed by atoms with E-state index in [-0.39, 0.29) is 23.3 Å². The molecule has 2 aromatic carbocycles. The molecule has 2 N–H and O–H groups in total. The van der Waals surface area contributed by atoms with Crippen LogP contribution in [0.1, 0.15) is 28.2 Å². The van der Waals surface area contributed by atoms with Gasteiger partial charge in [0.15, 0.2) is 0 Å². The molecule has 9 nitrogen and oxygen atoms in total. The van der Waals surface area contributed by atoms with Crippen molar-refractivity contribution in [3.8, 4) is 0 Å². The first-order chi connectivity index (χ1) is 13.3. The number of carbonyl (C=O) groups excluding carboxylic acids is 3. The number of carbonyl (C=O) groups is 3. The lowest BCUT2D eigenvalue weighted by molar-refractivity contribution is -0.384. The number of hydrazine groups is 1. The first-order valence-electron chi connectivity index (χ1n) is 8.22. The largest absolute Gasteiger partial charge is 0.326 e. The van der Waals surface area contributed by atoms with Gasteiger partial charge in [0, 0.05) is 30.3 Å². The third-order valence-electron chi connectivity index (χ3n) is 3.95. The Morgan fingerprint density at radius 1 is 1.14 bits per heavy atom. The van der Waals surface area contributed by atoms with Crippen LogP contribution in [0.5, 0.6) is 0 Å². The van der Waals surface area contributed by atoms with E-state index >= 15 is 0 Å². The van der Waals surface area contributed by atoms with Gasteiger partial charge in [-0.2, -0.15) is 0 Å². The predicted molar refractivity (Wildman–Crippen MR) is 103 cm³/mol. The lowest BCUT2D eigenvalue weighted by Crippen LogP contribution is -2.44. The molecule has 1 saturated heterocycles. The van der Waals surface area contributed by atoms with E-state index in [1.807, 2.05) is 0 Å². The maximum atomic E-state index is 12.5. The number of rotatable bonds is 5. The van der Waals surface area contributed by atoms with Gasteiger partial charge in [-0.15, -0.1) is 11.8 Å². The summed E-state index contributed by atoms with van der Waals surface area (Å²) in [6, 6.07) is 12.1. The van der Waals surface area contributed by atoms with E-state index in [0.29, 0.717) is 16.8 Å². The smallest absolute Gasteiger partial charge is 0.269 e. The number of nitro benzene ring substituents is 1. The van der Waals surface area contributed by atoms with Crippen LogP contribution in [0.4, 0.5) is 11.4 Å². The molecule has 0 radical (unpaired) electrons. The number of nitrogens with one attached hydrogen (secondary N) is 2. The zero-order valence-corrected chi connectivity index (χ0v) is 15.6. The SMILES string of the molecule is CC(=O)Nc1ccc(C(=O)NN2C(=O)CSC2c2ccc([N+](=O)[O-])cc2)cc1. The molecule has 1 atom stereocenters. The van der Waals surface area contributed by atoms with Gasteiger partial charge in [-0.25, -0.2) is 5.01 Å². The molecule has 1 aliphatic rings. The Balaban J connectivity index is 1.73. The number of benzene rings is 2. The van der Waals surface area contributed by atoms with Gasteiger partial charge in [0.05, 0.1) is 10.7 Å². The average molecular weight is 400 g/mol. The number of anilines is 1. The van der Waals surface area contributed by atoms with Crippen molar-refractivity contribution in [2.75, 3.05) is 11.1 Å². The molecule has 0 aromatic heterocycles. The van der Waals surface area contributed by atoms with Gasteiger partial charge in [0.25, 0.3) is 17.5 Å². The summed E-state index contributed by atoms with van der Waals surface area (Å²) in [6.45, 7) is 1.38. The number of hydrogen-bond donors (Lipinski definition) is 2. The molecule has 0 spiro atoms. The van der Waals surface area contributed by atoms with Gasteiger partial charge in [-0.1, -0.05) is 0 Å². The van der Waals surface area contributed by atoms with E-state index in [9.17, 15) is 24.5 Å². The van der Waals surface area contributed by atoms with Crippen LogP contribution >= 0.6 is 11.8 Å². The molecule has 0 saturated carbocycles. The molecule has 10 heteroatoms. The number of non-ortho nitro benzene ring substituents is 1. The van der Waals surface area contributed by atoms with E-state index in [0.717, 1.165) is 0 Å². The highest BCUT2D eigenvalue weighted by Crippen LogP contribution is 2.37. The van der Waals surface area contributed by atoms with Crippen molar-refractivity contribution in [3.05, 3.63) is 69.8 Å². The number of amides is 3. The highest BCUT2D eigenvalue weighted by molar-refractivity contribution is 8.00. The fourth-order valence-electron chi connectivity index (χ4n) is 2.63. The summed E-state index contributed by atoms with van der Waals surface area (Å²) in [6.07, 6.45) is 0. The minimum absolute atomic E-state index is 0.0482. The van der Waals surface area contributed by atoms with Gasteiger partial charge >= 0.3 is 0 Å². The van der Waals surface area contributed by atoms with E-state index in [1.54, 1.807) is 24.3 Å². The minimum Gasteiger partial charge on any atom is -0.326 e. The van der Waals surface area contributed by atoms with E-state index in [2.05, 4.69) is 10.7 Å². The van der Waals surface area contributed by atoms with Crippen molar-refractivity contribution in [3.63, 3.8) is 0 Å². The summed E-state index contributed by atoms with van der Waals surface area (Å²) in [5.74, 6) is -0.778. The van der Waals surface area contributed by atoms with Crippen LogP contribution in [-0.2, 0) is 9.59 Å². The maximum Gasteiger partial charge on any atom is 0.269 e. The quantitative estimate of drug-likeness (QED) is 0.587. The van der Waals surface area contributed by atoms with Crippen molar-refractivity contribution >= 4 is 40.9 Å². The normalized spacial score (nSPS) is 16.0. The van der Waals surface area contributed by atoms with Gasteiger partial charge in [0.1, 0.15) is 5.37 Å². The van der Waals surface area contributed by atoms with Crippen molar-refractivity contribution in [2.45, 2.75) is 12.3 Å². The summed E-state index contributed by atoms with van der Waals surface area (Å²) < 4.78 is 0. The van der Waals surface area contributed by atoms with Crippen LogP contribution in [0.2, 0.25) is 0 Å². The summed E-state index contributed by atoms with van der Waals surface area (Å²) in [5, 5.41) is 14.2. The Bertz CT molecular complexity index is 930. The van der Waals surface area contributed by atoms with Crippen molar-refractivity contribution in [1.29, 1.82) is 0 Å². The number of hydrogen-bond acceptors (Lipinski definition) is 6. The summed E-state index contributed by atoms with van der Waals surface area (Å²) in [4.78, 5) is 46.1. The first kappa shape index (κ1) is 19.4. The highest BCUT2D eigenvalue weighted by Gasteiger charge is 2.34. The number of nitro groups is 1. The Morgan fingerprint density at radius 3 is 2.36 bits per heavy atom. The van der Waals surface area contributed by atoms with Crippen molar-refractivity contribution in [1.82, 2.24) is 10.4 Å². The summed E-state index contributed by atoms with van der Waals surface area (Å²) in [7, 11) is 0. The molecule has 0 bridgehead atoms. The summed E-state index contributed by atoms with van der Waals surface area (Å²) >= 11 is 1.32. The van der Waals surface area contributed by atoms with Crippen LogP contribution < -0.4 is 10.7 Å². The molecule has 1 fully saturated rings. The standard InChI is InChI=1S/C18H16N4O5S/c1-11(23)19-14-6-2-12(3-7-14)17(25)20-21-16(24)10-28-18(21)13-4-8-15(9-5-13)22(26)27/h2-9,18H,10H2,1H3,(H,19,23)(H,20,25). The number of nitrogens with zero attached hydrogens (tertiary/aromatic N) is 2. The molecular formula is C18H16N4O5S. The first-order valence-corrected chi connectivity index (χ1v) is 9.26. The second kappa shape index (κ2) is 8.09. The highest BCUT2D eigenvalue weighted by atomic mass is 32.2. The molecular weight excluding hydrogens is 384 g/mol. The molecule has 1 heterocycles. The van der Waals surface area contributed by atoms with E-state index in [1.165, 1.54) is 48.0 Å². The van der Waals surface area contributed by atoms with Crippen LogP contribution in [0.3, 0.4) is 0 Å². The molecule has 144 valence electrons. The van der Waals surface area contributed by atoms with Crippen LogP contribution in [-0.4, -0.2) is 33.4 Å². The molecule has 28 heavy (non-hydrogen) atoms. The van der Waals surface area contributed by atoms with Gasteiger partial charge in [-0.3, -0.25) is 29.9 Å². The van der Waals surface area contributed by atoms with E-state index in [4.69, 9.17) is 0 Å². The van der Waals surface area contributed by atoms with Crippen molar-refractivity contribution in [2.24, 2.45) is 0 Å². The van der Waals surface area contributed by atoms with Crippen LogP contribution in [0.25, 0.3) is 0 Å². The molecule has 2 aromatic rings. The fourth-order valence-corrected chi connectivity index (χ4v) is 3.74. The molecule has 1 aliphatic heterocycles. The Morgan fingerprint density at radius 2 is 1.79 bits per heavy atom. The molecule has 3 rings (SSSR count). The van der Waals surface area contributed by atoms with Gasteiger partial charge in [-0.05, 0) is 42.0 Å². The van der Waals surface area contributed by atoms with Crippen molar-refractivity contribution < 1.29 is 19.3 Å². The number of thioether (sulfide) groups is 1. The van der Waals surface area contributed by atoms with Crippen LogP contribution in [0, 0.1) is 10.1 Å². The predicted octanol–water partition coefficient (Wildman–Crippen LogP) is 2.47. The molecule has 3 amide bonds. The Hall–Kier alpha value is -3.40. The van der Waals surface area contributed by atoms with E-state index < -0.39 is 16.2 Å². The average Bonchev–Trinajstić information content (AvgIpc) is 3.02. The Kier molecular flexibility index (Phi) is 5.59. The second-order valence-electron chi connectivity index (χ2n) is 5.98. The second-order valence-corrected chi connectivity index (χ2v) is 7.04. The minimum atomic E-state index is -0.499. The van der Waals surface area contributed by atoms with Gasteiger partial charge in [0.2, 0.25) is 5.91 Å². The zero-order chi connectivity index (χ0) is 20.3. The fraction of sp³-hybridized carbons (Fsp3) is 0.167. The summed E-state index contributed by atoms with van der Waals surface area (Å²) in [5.41, 5.74) is 4.09. The lowest BCUT2D eigenvalue weighted by Gasteiger charge is -2.24. The lowest BCUT2D eigenvalue weighted by atomic mass is 10.2. The topological polar surface area (TPSA) is 122 Å². The molecule has 0 aliphatic carbocycles. The van der Waals surface area contributed by atoms with Gasteiger partial charge < -0.3 is 5.32 Å². The zero-order valence-electron chi connectivity index (χ0n) is 14.7. The monoisotopic (exact) mass is 400 g/mol. The third kappa shape index (κ3) is 4.29. The third-order valence-corrected chi connectivity index (χ3v) is 5.16. The van der Waals surface area contributed by atoms with Crippen LogP contribution in [0.15, 0.2) is 48.5 Å². The molecule has 1 unspecified atom stereocenters. The Labute approximate surface area is 164 Å².